The van der Waals surface area contributed by atoms with E-state index in [1.165, 1.54) is 12.1 Å². The summed E-state index contributed by atoms with van der Waals surface area (Å²) in [6.07, 6.45) is 0. The molecule has 2 rings (SSSR count). The number of carbonyl (C=O) groups is 1. The van der Waals surface area contributed by atoms with Crippen molar-refractivity contribution in [1.29, 1.82) is 0 Å². The monoisotopic (exact) mass is 247 g/mol. The van der Waals surface area contributed by atoms with Crippen LogP contribution in [0.4, 0.5) is 0 Å². The van der Waals surface area contributed by atoms with Crippen LogP contribution in [0.2, 0.25) is 0 Å². The van der Waals surface area contributed by atoms with Crippen LogP contribution in [0.25, 0.3) is 11.5 Å². The van der Waals surface area contributed by atoms with Crippen molar-refractivity contribution >= 4 is 5.97 Å². The van der Waals surface area contributed by atoms with Crippen molar-refractivity contribution in [3.8, 4) is 11.5 Å². The Morgan fingerprint density at radius 1 is 1.44 bits per heavy atom. The van der Waals surface area contributed by atoms with Crippen LogP contribution in [0.1, 0.15) is 16.2 Å². The first-order chi connectivity index (χ1) is 8.56. The molecule has 0 aliphatic rings. The second kappa shape index (κ2) is 4.97. The zero-order valence-electron chi connectivity index (χ0n) is 10.1. The van der Waals surface area contributed by atoms with E-state index < -0.39 is 5.97 Å². The van der Waals surface area contributed by atoms with Crippen molar-refractivity contribution in [3.05, 3.63) is 35.7 Å². The molecule has 0 amide bonds. The summed E-state index contributed by atoms with van der Waals surface area (Å²) in [5, 5.41) is 12.7. The average Bonchev–Trinajstić information content (AvgIpc) is 2.77. The van der Waals surface area contributed by atoms with Crippen molar-refractivity contribution in [2.45, 2.75) is 6.54 Å². The molecule has 0 bridgehead atoms. The lowest BCUT2D eigenvalue weighted by atomic mass is 10.1. The topological polar surface area (TPSA) is 79.5 Å². The van der Waals surface area contributed by atoms with Crippen LogP contribution in [0.3, 0.4) is 0 Å². The molecular weight excluding hydrogens is 234 g/mol. The molecule has 6 heteroatoms. The van der Waals surface area contributed by atoms with Gasteiger partial charge in [-0.3, -0.25) is 0 Å². The summed E-state index contributed by atoms with van der Waals surface area (Å²) in [5.74, 6) is -0.0874. The third kappa shape index (κ3) is 2.72. The number of rotatable bonds is 4. The molecule has 1 aromatic heterocycles. The molecule has 0 fully saturated rings. The second-order valence-corrected chi connectivity index (χ2v) is 4.14. The maximum Gasteiger partial charge on any atom is 0.335 e. The van der Waals surface area contributed by atoms with E-state index in [4.69, 9.17) is 9.63 Å². The molecule has 1 heterocycles. The number of carboxylic acid groups (broad SMARTS) is 1. The van der Waals surface area contributed by atoms with Crippen LogP contribution in [0.15, 0.2) is 28.8 Å². The van der Waals surface area contributed by atoms with Crippen LogP contribution in [-0.2, 0) is 6.54 Å². The number of hydrogen-bond acceptors (Lipinski definition) is 5. The van der Waals surface area contributed by atoms with Gasteiger partial charge in [0.25, 0.3) is 5.89 Å². The SMILES string of the molecule is CN(C)Cc1noc(-c2cccc(C(=O)O)c2)n1. The van der Waals surface area contributed by atoms with E-state index >= 15 is 0 Å². The van der Waals surface area contributed by atoms with E-state index in [1.54, 1.807) is 12.1 Å². The van der Waals surface area contributed by atoms with Gasteiger partial charge in [-0.25, -0.2) is 4.79 Å². The van der Waals surface area contributed by atoms with Gasteiger partial charge in [0.05, 0.1) is 12.1 Å². The molecule has 94 valence electrons. The highest BCUT2D eigenvalue weighted by molar-refractivity contribution is 5.88. The smallest absolute Gasteiger partial charge is 0.335 e. The Kier molecular flexibility index (Phi) is 3.38. The van der Waals surface area contributed by atoms with Gasteiger partial charge in [0, 0.05) is 5.56 Å². The standard InChI is InChI=1S/C12H13N3O3/c1-15(2)7-10-13-11(18-14-10)8-4-3-5-9(6-8)12(16)17/h3-6H,7H2,1-2H3,(H,16,17). The van der Waals surface area contributed by atoms with E-state index in [9.17, 15) is 4.79 Å². The number of aromatic nitrogens is 2. The van der Waals surface area contributed by atoms with Crippen LogP contribution in [0, 0.1) is 0 Å². The molecule has 1 N–H and O–H groups in total. The molecular formula is C12H13N3O3. The third-order valence-corrected chi connectivity index (χ3v) is 2.28. The highest BCUT2D eigenvalue weighted by Gasteiger charge is 2.11. The molecule has 0 saturated carbocycles. The second-order valence-electron chi connectivity index (χ2n) is 4.14. The van der Waals surface area contributed by atoms with Crippen molar-refractivity contribution in [2.75, 3.05) is 14.1 Å². The van der Waals surface area contributed by atoms with Gasteiger partial charge in [-0.05, 0) is 32.3 Å². The van der Waals surface area contributed by atoms with Crippen LogP contribution in [-0.4, -0.2) is 40.2 Å². The summed E-state index contributed by atoms with van der Waals surface area (Å²) >= 11 is 0. The van der Waals surface area contributed by atoms with Crippen molar-refractivity contribution in [2.24, 2.45) is 0 Å². The van der Waals surface area contributed by atoms with E-state index in [-0.39, 0.29) is 5.56 Å². The van der Waals surface area contributed by atoms with Crippen molar-refractivity contribution in [1.82, 2.24) is 15.0 Å². The number of aromatic carboxylic acids is 1. The molecule has 1 aromatic carbocycles. The number of nitrogens with zero attached hydrogens (tertiary/aromatic N) is 3. The van der Waals surface area contributed by atoms with Gasteiger partial charge in [0.1, 0.15) is 0 Å². The van der Waals surface area contributed by atoms with E-state index in [0.717, 1.165) is 0 Å². The molecule has 0 atom stereocenters. The van der Waals surface area contributed by atoms with Gasteiger partial charge in [0.15, 0.2) is 5.82 Å². The Balaban J connectivity index is 2.28. The molecule has 18 heavy (non-hydrogen) atoms. The van der Waals surface area contributed by atoms with Gasteiger partial charge in [0.2, 0.25) is 0 Å². The summed E-state index contributed by atoms with van der Waals surface area (Å²) in [6.45, 7) is 0.572. The minimum absolute atomic E-state index is 0.194. The van der Waals surface area contributed by atoms with Crippen molar-refractivity contribution < 1.29 is 14.4 Å². The van der Waals surface area contributed by atoms with Gasteiger partial charge in [-0.1, -0.05) is 11.2 Å². The zero-order valence-corrected chi connectivity index (χ0v) is 10.1. The molecule has 0 saturated heterocycles. The molecule has 0 spiro atoms. The minimum Gasteiger partial charge on any atom is -0.478 e. The summed E-state index contributed by atoms with van der Waals surface area (Å²) in [4.78, 5) is 17.0. The first kappa shape index (κ1) is 12.3. The summed E-state index contributed by atoms with van der Waals surface area (Å²) < 4.78 is 5.11. The van der Waals surface area contributed by atoms with Gasteiger partial charge >= 0.3 is 5.97 Å². The summed E-state index contributed by atoms with van der Waals surface area (Å²) in [5.41, 5.74) is 0.798. The Hall–Kier alpha value is -2.21. The van der Waals surface area contributed by atoms with Crippen LogP contribution < -0.4 is 0 Å². The fourth-order valence-electron chi connectivity index (χ4n) is 1.50. The lowest BCUT2D eigenvalue weighted by molar-refractivity contribution is 0.0697. The van der Waals surface area contributed by atoms with Crippen molar-refractivity contribution in [3.63, 3.8) is 0 Å². The fourth-order valence-corrected chi connectivity index (χ4v) is 1.50. The molecule has 2 aromatic rings. The van der Waals surface area contributed by atoms with E-state index in [0.29, 0.717) is 23.8 Å². The van der Waals surface area contributed by atoms with E-state index in [2.05, 4.69) is 10.1 Å². The number of benzene rings is 1. The number of carboxylic acids is 1. The predicted octanol–water partition coefficient (Wildman–Crippen LogP) is 1.50. The first-order valence-corrected chi connectivity index (χ1v) is 5.37. The predicted molar refractivity (Wildman–Crippen MR) is 64.1 cm³/mol. The molecule has 0 aliphatic carbocycles. The lowest BCUT2D eigenvalue weighted by Gasteiger charge is -2.03. The molecule has 0 unspecified atom stereocenters. The third-order valence-electron chi connectivity index (χ3n) is 2.28. The van der Waals surface area contributed by atoms with Gasteiger partial charge < -0.3 is 14.5 Å². The summed E-state index contributed by atoms with van der Waals surface area (Å²) in [6, 6.07) is 6.41. The quantitative estimate of drug-likeness (QED) is 0.881. The maximum absolute atomic E-state index is 10.9. The molecule has 6 nitrogen and oxygen atoms in total. The van der Waals surface area contributed by atoms with Gasteiger partial charge in [-0.2, -0.15) is 4.98 Å². The highest BCUT2D eigenvalue weighted by atomic mass is 16.5. The van der Waals surface area contributed by atoms with E-state index in [1.807, 2.05) is 19.0 Å². The fraction of sp³-hybridized carbons (Fsp3) is 0.250. The zero-order chi connectivity index (χ0) is 13.1. The van der Waals surface area contributed by atoms with Gasteiger partial charge in [-0.15, -0.1) is 0 Å². The van der Waals surface area contributed by atoms with Crippen LogP contribution >= 0.6 is 0 Å². The molecule has 0 radical (unpaired) electrons. The minimum atomic E-state index is -0.982. The Morgan fingerprint density at radius 2 is 2.22 bits per heavy atom. The Morgan fingerprint density at radius 3 is 2.89 bits per heavy atom. The average molecular weight is 247 g/mol. The maximum atomic E-state index is 10.9. The Bertz CT molecular complexity index is 563. The largest absolute Gasteiger partial charge is 0.478 e. The van der Waals surface area contributed by atoms with Crippen LogP contribution in [0.5, 0.6) is 0 Å². The Labute approximate surface area is 104 Å². The number of hydrogen-bond donors (Lipinski definition) is 1. The highest BCUT2D eigenvalue weighted by Crippen LogP contribution is 2.18. The lowest BCUT2D eigenvalue weighted by Crippen LogP contribution is -2.11. The summed E-state index contributed by atoms with van der Waals surface area (Å²) in [7, 11) is 3.81. The molecule has 0 aliphatic heterocycles. The normalized spacial score (nSPS) is 10.8. The first-order valence-electron chi connectivity index (χ1n) is 5.37.